The van der Waals surface area contributed by atoms with Crippen molar-refractivity contribution < 1.29 is 4.79 Å². The van der Waals surface area contributed by atoms with Crippen LogP contribution in [0.4, 0.5) is 0 Å². The Kier molecular flexibility index (Phi) is 3.51. The molecular formula is C20H24N2O. The Morgan fingerprint density at radius 2 is 1.83 bits per heavy atom. The molecule has 1 fully saturated rings. The molecule has 1 unspecified atom stereocenters. The maximum Gasteiger partial charge on any atom is 0.250 e. The summed E-state index contributed by atoms with van der Waals surface area (Å²) in [4.78, 5) is 18.5. The average molecular weight is 308 g/mol. The summed E-state index contributed by atoms with van der Waals surface area (Å²) in [6, 6.07) is 8.88. The van der Waals surface area contributed by atoms with Gasteiger partial charge < -0.3 is 9.88 Å². The zero-order chi connectivity index (χ0) is 16.0. The Bertz CT molecular complexity index is 780. The van der Waals surface area contributed by atoms with Crippen LogP contribution in [-0.2, 0) is 4.79 Å². The van der Waals surface area contributed by atoms with E-state index in [2.05, 4.69) is 47.3 Å². The minimum atomic E-state index is 0.0988. The molecule has 0 spiro atoms. The van der Waals surface area contributed by atoms with E-state index in [-0.39, 0.29) is 11.9 Å². The number of nitrogens with one attached hydrogen (secondary N) is 1. The molecule has 1 saturated carbocycles. The summed E-state index contributed by atoms with van der Waals surface area (Å²) in [7, 11) is 0. The first-order valence-corrected chi connectivity index (χ1v) is 8.74. The van der Waals surface area contributed by atoms with Crippen LogP contribution < -0.4 is 0 Å². The van der Waals surface area contributed by atoms with E-state index in [1.807, 2.05) is 6.92 Å². The highest BCUT2D eigenvalue weighted by molar-refractivity contribution is 5.98. The molecule has 3 heteroatoms. The molecule has 2 aliphatic rings. The number of hydrogen-bond donors (Lipinski definition) is 1. The topological polar surface area (TPSA) is 36.1 Å². The van der Waals surface area contributed by atoms with Gasteiger partial charge in [0.2, 0.25) is 0 Å². The third-order valence-corrected chi connectivity index (χ3v) is 5.72. The second-order valence-corrected chi connectivity index (χ2v) is 7.00. The highest BCUT2D eigenvalue weighted by Gasteiger charge is 2.40. The highest BCUT2D eigenvalue weighted by atomic mass is 16.2. The summed E-state index contributed by atoms with van der Waals surface area (Å²) in [5.74, 6) is 0.240. The van der Waals surface area contributed by atoms with Crippen molar-refractivity contribution in [2.75, 3.05) is 0 Å². The van der Waals surface area contributed by atoms with Gasteiger partial charge in [0.25, 0.3) is 5.91 Å². The standard InChI is InChI=1S/C20H24N2O/c1-13-14(2)20(23)22(15-8-4-3-5-9-15)19(13)17-12-21-18-11-7-6-10-16(17)18/h6-7,10-12,15,19,21H,3-5,8-9H2,1-2H3. The molecule has 2 heterocycles. The molecule has 0 radical (unpaired) electrons. The van der Waals surface area contributed by atoms with Crippen LogP contribution in [0.2, 0.25) is 0 Å². The largest absolute Gasteiger partial charge is 0.361 e. The van der Waals surface area contributed by atoms with Crippen LogP contribution in [0, 0.1) is 0 Å². The highest BCUT2D eigenvalue weighted by Crippen LogP contribution is 2.43. The van der Waals surface area contributed by atoms with Crippen LogP contribution in [0.1, 0.15) is 57.6 Å². The predicted octanol–water partition coefficient (Wildman–Crippen LogP) is 4.72. The maximum absolute atomic E-state index is 12.9. The number of hydrogen-bond acceptors (Lipinski definition) is 1. The summed E-state index contributed by atoms with van der Waals surface area (Å²) in [5.41, 5.74) is 4.54. The minimum absolute atomic E-state index is 0.0988. The number of nitrogens with zero attached hydrogens (tertiary/aromatic N) is 1. The Hall–Kier alpha value is -2.03. The number of benzene rings is 1. The summed E-state index contributed by atoms with van der Waals surface area (Å²) in [6.07, 6.45) is 8.18. The first-order valence-electron chi connectivity index (χ1n) is 8.74. The van der Waals surface area contributed by atoms with E-state index >= 15 is 0 Å². The fourth-order valence-corrected chi connectivity index (χ4v) is 4.33. The smallest absolute Gasteiger partial charge is 0.250 e. The second-order valence-electron chi connectivity index (χ2n) is 7.00. The molecule has 1 amide bonds. The molecule has 1 atom stereocenters. The lowest BCUT2D eigenvalue weighted by Gasteiger charge is -2.36. The number of fused-ring (bicyclic) bond motifs is 1. The van der Waals surface area contributed by atoms with Crippen LogP contribution in [0.15, 0.2) is 41.6 Å². The number of carbonyl (C=O) groups excluding carboxylic acids is 1. The monoisotopic (exact) mass is 308 g/mol. The van der Waals surface area contributed by atoms with Crippen LogP contribution in [0.25, 0.3) is 10.9 Å². The fourth-order valence-electron chi connectivity index (χ4n) is 4.33. The molecule has 1 aliphatic carbocycles. The number of carbonyl (C=O) groups is 1. The third-order valence-electron chi connectivity index (χ3n) is 5.72. The Labute approximate surface area is 137 Å². The molecule has 4 rings (SSSR count). The third kappa shape index (κ3) is 2.21. The van der Waals surface area contributed by atoms with E-state index in [0.29, 0.717) is 6.04 Å². The van der Waals surface area contributed by atoms with E-state index < -0.39 is 0 Å². The molecule has 0 bridgehead atoms. The first kappa shape index (κ1) is 14.6. The quantitative estimate of drug-likeness (QED) is 0.856. The van der Waals surface area contributed by atoms with Crippen LogP contribution in [0.3, 0.4) is 0 Å². The molecule has 1 aromatic heterocycles. The van der Waals surface area contributed by atoms with Crippen molar-refractivity contribution in [1.29, 1.82) is 0 Å². The van der Waals surface area contributed by atoms with E-state index in [4.69, 9.17) is 0 Å². The van der Waals surface area contributed by atoms with Gasteiger partial charge in [0.05, 0.1) is 6.04 Å². The Morgan fingerprint density at radius 3 is 2.61 bits per heavy atom. The van der Waals surface area contributed by atoms with Gasteiger partial charge in [-0.3, -0.25) is 4.79 Å². The zero-order valence-corrected chi connectivity index (χ0v) is 13.9. The van der Waals surface area contributed by atoms with Crippen molar-refractivity contribution in [3.05, 3.63) is 47.2 Å². The maximum atomic E-state index is 12.9. The van der Waals surface area contributed by atoms with Gasteiger partial charge in [0.15, 0.2) is 0 Å². The number of amides is 1. The normalized spacial score (nSPS) is 23.3. The van der Waals surface area contributed by atoms with Crippen LogP contribution >= 0.6 is 0 Å². The molecule has 1 aromatic carbocycles. The van der Waals surface area contributed by atoms with Crippen LogP contribution in [0.5, 0.6) is 0 Å². The van der Waals surface area contributed by atoms with Gasteiger partial charge in [-0.1, -0.05) is 37.5 Å². The van der Waals surface area contributed by atoms with Crippen molar-refractivity contribution in [2.24, 2.45) is 0 Å². The second kappa shape index (κ2) is 5.55. The molecule has 1 N–H and O–H groups in total. The van der Waals surface area contributed by atoms with Crippen molar-refractivity contribution >= 4 is 16.8 Å². The van der Waals surface area contributed by atoms with Gasteiger partial charge in [-0.2, -0.15) is 0 Å². The van der Waals surface area contributed by atoms with Crippen LogP contribution in [-0.4, -0.2) is 21.8 Å². The van der Waals surface area contributed by atoms with E-state index in [9.17, 15) is 4.79 Å². The van der Waals surface area contributed by atoms with Gasteiger partial charge in [0.1, 0.15) is 0 Å². The van der Waals surface area contributed by atoms with Gasteiger partial charge in [-0.05, 0) is 38.3 Å². The summed E-state index contributed by atoms with van der Waals surface area (Å²) in [5, 5.41) is 1.24. The number of para-hydroxylation sites is 1. The zero-order valence-electron chi connectivity index (χ0n) is 13.9. The van der Waals surface area contributed by atoms with E-state index in [0.717, 1.165) is 23.9 Å². The summed E-state index contributed by atoms with van der Waals surface area (Å²) >= 11 is 0. The molecule has 2 aromatic rings. The lowest BCUT2D eigenvalue weighted by atomic mass is 9.91. The van der Waals surface area contributed by atoms with Gasteiger partial charge in [-0.25, -0.2) is 0 Å². The molecule has 1 aliphatic heterocycles. The molecule has 0 saturated heterocycles. The molecule has 120 valence electrons. The van der Waals surface area contributed by atoms with Crippen molar-refractivity contribution in [3.8, 4) is 0 Å². The first-order chi connectivity index (χ1) is 11.2. The van der Waals surface area contributed by atoms with Gasteiger partial charge >= 0.3 is 0 Å². The number of rotatable bonds is 2. The lowest BCUT2D eigenvalue weighted by molar-refractivity contribution is -0.130. The van der Waals surface area contributed by atoms with Crippen molar-refractivity contribution in [3.63, 3.8) is 0 Å². The van der Waals surface area contributed by atoms with Gasteiger partial charge in [0, 0.05) is 34.3 Å². The molecule has 3 nitrogen and oxygen atoms in total. The molecule has 23 heavy (non-hydrogen) atoms. The van der Waals surface area contributed by atoms with E-state index in [1.165, 1.54) is 35.8 Å². The average Bonchev–Trinajstić information content (AvgIpc) is 3.10. The van der Waals surface area contributed by atoms with E-state index in [1.54, 1.807) is 0 Å². The number of aromatic amines is 1. The van der Waals surface area contributed by atoms with Gasteiger partial charge in [-0.15, -0.1) is 0 Å². The summed E-state index contributed by atoms with van der Waals surface area (Å²) in [6.45, 7) is 4.12. The Balaban J connectivity index is 1.81. The summed E-state index contributed by atoms with van der Waals surface area (Å²) < 4.78 is 0. The number of H-pyrrole nitrogens is 1. The lowest BCUT2D eigenvalue weighted by Crippen LogP contribution is -2.40. The number of aromatic nitrogens is 1. The predicted molar refractivity (Wildman–Crippen MR) is 93.1 cm³/mol. The Morgan fingerprint density at radius 1 is 1.09 bits per heavy atom. The van der Waals surface area contributed by atoms with Crippen molar-refractivity contribution in [1.82, 2.24) is 9.88 Å². The fraction of sp³-hybridized carbons (Fsp3) is 0.450. The minimum Gasteiger partial charge on any atom is -0.361 e. The van der Waals surface area contributed by atoms with Crippen molar-refractivity contribution in [2.45, 2.75) is 58.0 Å². The SMILES string of the molecule is CC1=C(C)C(c2c[nH]c3ccccc23)N(C2CCCCC2)C1=O. The molecular weight excluding hydrogens is 284 g/mol.